The van der Waals surface area contributed by atoms with Crippen molar-refractivity contribution in [2.75, 3.05) is 13.2 Å². The Morgan fingerprint density at radius 3 is 2.33 bits per heavy atom. The van der Waals surface area contributed by atoms with Gasteiger partial charge in [0.05, 0.1) is 0 Å². The zero-order chi connectivity index (χ0) is 14.0. The summed E-state index contributed by atoms with van der Waals surface area (Å²) in [5, 5.41) is 9.61. The fourth-order valence-electron chi connectivity index (χ4n) is 2.59. The second-order valence-electron chi connectivity index (χ2n) is 7.69. The van der Waals surface area contributed by atoms with Crippen LogP contribution in [0.5, 0.6) is 0 Å². The largest absolute Gasteiger partial charge is 0.416 e. The SMILES string of the molecule is CCC1(CO[Si](C)(C)C(C)(C)C)CCC(CO)C1. The van der Waals surface area contributed by atoms with Crippen LogP contribution in [-0.2, 0) is 4.43 Å². The van der Waals surface area contributed by atoms with E-state index in [-0.39, 0.29) is 5.04 Å². The van der Waals surface area contributed by atoms with Crippen molar-refractivity contribution in [3.63, 3.8) is 0 Å². The summed E-state index contributed by atoms with van der Waals surface area (Å²) in [5.41, 5.74) is 0.336. The first-order chi connectivity index (χ1) is 8.16. The predicted octanol–water partition coefficient (Wildman–Crippen LogP) is 4.20. The van der Waals surface area contributed by atoms with Crippen molar-refractivity contribution in [2.24, 2.45) is 11.3 Å². The van der Waals surface area contributed by atoms with Gasteiger partial charge in [-0.3, -0.25) is 0 Å². The molecule has 0 amide bonds. The number of rotatable bonds is 5. The second-order valence-corrected chi connectivity index (χ2v) is 12.5. The lowest BCUT2D eigenvalue weighted by atomic mass is 9.83. The van der Waals surface area contributed by atoms with E-state index in [0.717, 1.165) is 13.0 Å². The molecule has 2 unspecified atom stereocenters. The van der Waals surface area contributed by atoms with Crippen LogP contribution in [-0.4, -0.2) is 26.6 Å². The Hall–Kier alpha value is 0.137. The van der Waals surface area contributed by atoms with E-state index in [9.17, 15) is 5.11 Å². The quantitative estimate of drug-likeness (QED) is 0.760. The van der Waals surface area contributed by atoms with Crippen molar-refractivity contribution >= 4 is 8.32 Å². The van der Waals surface area contributed by atoms with Crippen LogP contribution in [0.4, 0.5) is 0 Å². The molecule has 3 heteroatoms. The first-order valence-electron chi connectivity index (χ1n) is 7.41. The number of hydrogen-bond acceptors (Lipinski definition) is 2. The molecule has 1 N–H and O–H groups in total. The Morgan fingerprint density at radius 2 is 1.94 bits per heavy atom. The normalized spacial score (nSPS) is 29.8. The molecular formula is C15H32O2Si. The highest BCUT2D eigenvalue weighted by atomic mass is 28.4. The molecule has 0 bridgehead atoms. The van der Waals surface area contributed by atoms with Gasteiger partial charge in [-0.15, -0.1) is 0 Å². The minimum Gasteiger partial charge on any atom is -0.416 e. The third-order valence-electron chi connectivity index (χ3n) is 5.36. The van der Waals surface area contributed by atoms with Crippen LogP contribution in [0.3, 0.4) is 0 Å². The third kappa shape index (κ3) is 3.58. The summed E-state index contributed by atoms with van der Waals surface area (Å²) in [6.07, 6.45) is 4.72. The van der Waals surface area contributed by atoms with E-state index in [1.165, 1.54) is 19.3 Å². The molecule has 0 radical (unpaired) electrons. The van der Waals surface area contributed by atoms with Crippen LogP contribution >= 0.6 is 0 Å². The monoisotopic (exact) mass is 272 g/mol. The molecule has 0 saturated heterocycles. The van der Waals surface area contributed by atoms with Gasteiger partial charge in [-0.1, -0.05) is 27.7 Å². The topological polar surface area (TPSA) is 29.5 Å². The molecule has 2 nitrogen and oxygen atoms in total. The van der Waals surface area contributed by atoms with E-state index in [0.29, 0.717) is 17.9 Å². The number of aliphatic hydroxyl groups is 1. The van der Waals surface area contributed by atoms with Gasteiger partial charge in [-0.25, -0.2) is 0 Å². The van der Waals surface area contributed by atoms with Crippen LogP contribution in [0, 0.1) is 11.3 Å². The molecule has 0 spiro atoms. The number of aliphatic hydroxyl groups excluding tert-OH is 1. The standard InChI is InChI=1S/C15H32O2Si/c1-7-15(9-8-13(10-15)11-16)12-17-18(5,6)14(2,3)4/h13,16H,7-12H2,1-6H3. The van der Waals surface area contributed by atoms with Crippen LogP contribution in [0.25, 0.3) is 0 Å². The van der Waals surface area contributed by atoms with E-state index in [1.807, 2.05) is 0 Å². The summed E-state index contributed by atoms with van der Waals surface area (Å²) in [5.74, 6) is 0.507. The summed E-state index contributed by atoms with van der Waals surface area (Å²) in [4.78, 5) is 0. The highest BCUT2D eigenvalue weighted by molar-refractivity contribution is 6.74. The first-order valence-corrected chi connectivity index (χ1v) is 10.3. The van der Waals surface area contributed by atoms with Crippen molar-refractivity contribution in [3.05, 3.63) is 0 Å². The molecule has 0 aromatic heterocycles. The summed E-state index contributed by atoms with van der Waals surface area (Å²) < 4.78 is 6.42. The van der Waals surface area contributed by atoms with E-state index < -0.39 is 8.32 Å². The smallest absolute Gasteiger partial charge is 0.192 e. The molecule has 18 heavy (non-hydrogen) atoms. The lowest BCUT2D eigenvalue weighted by molar-refractivity contribution is 0.120. The lowest BCUT2D eigenvalue weighted by Crippen LogP contribution is -2.43. The average Bonchev–Trinajstić information content (AvgIpc) is 2.69. The van der Waals surface area contributed by atoms with Crippen LogP contribution < -0.4 is 0 Å². The van der Waals surface area contributed by atoms with Crippen molar-refractivity contribution in [1.29, 1.82) is 0 Å². The Balaban J connectivity index is 2.61. The maximum Gasteiger partial charge on any atom is 0.192 e. The minimum absolute atomic E-state index is 0.289. The predicted molar refractivity (Wildman–Crippen MR) is 80.3 cm³/mol. The van der Waals surface area contributed by atoms with Gasteiger partial charge in [0.1, 0.15) is 0 Å². The maximum atomic E-state index is 9.32. The van der Waals surface area contributed by atoms with Crippen LogP contribution in [0.1, 0.15) is 53.4 Å². The summed E-state index contributed by atoms with van der Waals surface area (Å²) in [7, 11) is -1.63. The van der Waals surface area contributed by atoms with Gasteiger partial charge < -0.3 is 9.53 Å². The minimum atomic E-state index is -1.63. The second kappa shape index (κ2) is 5.64. The fourth-order valence-corrected chi connectivity index (χ4v) is 3.69. The zero-order valence-electron chi connectivity index (χ0n) is 13.2. The molecule has 2 atom stereocenters. The van der Waals surface area contributed by atoms with Gasteiger partial charge in [-0.05, 0) is 55.1 Å². The molecule has 0 aromatic rings. The first kappa shape index (κ1) is 16.2. The van der Waals surface area contributed by atoms with Gasteiger partial charge in [0.25, 0.3) is 0 Å². The Kier molecular flexibility index (Phi) is 5.07. The molecule has 1 fully saturated rings. The van der Waals surface area contributed by atoms with Crippen LogP contribution in [0.2, 0.25) is 18.1 Å². The molecule has 0 aliphatic heterocycles. The van der Waals surface area contributed by atoms with Crippen molar-refractivity contribution in [3.8, 4) is 0 Å². The third-order valence-corrected chi connectivity index (χ3v) is 9.84. The number of hydrogen-bond donors (Lipinski definition) is 1. The van der Waals surface area contributed by atoms with E-state index in [1.54, 1.807) is 0 Å². The van der Waals surface area contributed by atoms with Gasteiger partial charge >= 0.3 is 0 Å². The fraction of sp³-hybridized carbons (Fsp3) is 1.00. The van der Waals surface area contributed by atoms with E-state index in [4.69, 9.17) is 4.43 Å². The van der Waals surface area contributed by atoms with Crippen LogP contribution in [0.15, 0.2) is 0 Å². The van der Waals surface area contributed by atoms with Gasteiger partial charge in [-0.2, -0.15) is 0 Å². The molecule has 1 saturated carbocycles. The zero-order valence-corrected chi connectivity index (χ0v) is 14.2. The Morgan fingerprint density at radius 1 is 1.33 bits per heavy atom. The van der Waals surface area contributed by atoms with E-state index >= 15 is 0 Å². The summed E-state index contributed by atoms with van der Waals surface area (Å²) in [6.45, 7) is 15.1. The highest BCUT2D eigenvalue weighted by Gasteiger charge is 2.42. The van der Waals surface area contributed by atoms with Gasteiger partial charge in [0, 0.05) is 13.2 Å². The Labute approximate surface area is 114 Å². The van der Waals surface area contributed by atoms with Crippen molar-refractivity contribution < 1.29 is 9.53 Å². The molecule has 108 valence electrons. The lowest BCUT2D eigenvalue weighted by Gasteiger charge is -2.40. The van der Waals surface area contributed by atoms with Gasteiger partial charge in [0.2, 0.25) is 0 Å². The maximum absolute atomic E-state index is 9.32. The molecule has 0 aromatic carbocycles. The molecule has 1 aliphatic carbocycles. The molecule has 1 aliphatic rings. The van der Waals surface area contributed by atoms with Gasteiger partial charge in [0.15, 0.2) is 8.32 Å². The molecule has 1 rings (SSSR count). The van der Waals surface area contributed by atoms with E-state index in [2.05, 4.69) is 40.8 Å². The highest BCUT2D eigenvalue weighted by Crippen LogP contribution is 2.46. The average molecular weight is 273 g/mol. The van der Waals surface area contributed by atoms with Crippen molar-refractivity contribution in [2.45, 2.75) is 71.5 Å². The molecule has 0 heterocycles. The summed E-state index contributed by atoms with van der Waals surface area (Å²) >= 11 is 0. The summed E-state index contributed by atoms with van der Waals surface area (Å²) in [6, 6.07) is 0. The van der Waals surface area contributed by atoms with Crippen molar-refractivity contribution in [1.82, 2.24) is 0 Å². The Bertz CT molecular complexity index is 270. The molecular weight excluding hydrogens is 240 g/mol.